The van der Waals surface area contributed by atoms with Crippen LogP contribution >= 0.6 is 22.6 Å². The number of rotatable bonds is 8. The zero-order valence-corrected chi connectivity index (χ0v) is 20.6. The van der Waals surface area contributed by atoms with E-state index in [1.165, 1.54) is 50.4 Å². The van der Waals surface area contributed by atoms with Crippen LogP contribution in [-0.2, 0) is 10.0 Å². The van der Waals surface area contributed by atoms with E-state index in [-0.39, 0.29) is 34.2 Å². The van der Waals surface area contributed by atoms with Gasteiger partial charge in [-0.25, -0.2) is 17.2 Å². The number of amides is 1. The van der Waals surface area contributed by atoms with Gasteiger partial charge in [0.1, 0.15) is 28.7 Å². The molecule has 3 N–H and O–H groups in total. The summed E-state index contributed by atoms with van der Waals surface area (Å²) < 4.78 is 60.2. The van der Waals surface area contributed by atoms with Crippen molar-refractivity contribution in [3.05, 3.63) is 75.4 Å². The number of benzene rings is 3. The van der Waals surface area contributed by atoms with Gasteiger partial charge in [-0.15, -0.1) is 0 Å². The van der Waals surface area contributed by atoms with Gasteiger partial charge in [0, 0.05) is 16.7 Å². The number of nitrogens with two attached hydrogens (primary N) is 1. The monoisotopic (exact) mass is 587 g/mol. The van der Waals surface area contributed by atoms with Crippen LogP contribution in [-0.4, -0.2) is 27.1 Å². The molecule has 33 heavy (non-hydrogen) atoms. The summed E-state index contributed by atoms with van der Waals surface area (Å²) in [5.74, 6) is -2.29. The Labute approximate surface area is 203 Å². The van der Waals surface area contributed by atoms with Gasteiger partial charge in [-0.3, -0.25) is 9.10 Å². The van der Waals surface area contributed by atoms with Crippen LogP contribution in [0, 0.1) is 15.2 Å². The van der Waals surface area contributed by atoms with Crippen LogP contribution in [0.25, 0.3) is 0 Å². The molecule has 0 saturated heterocycles. The van der Waals surface area contributed by atoms with Gasteiger partial charge in [-0.1, -0.05) is 0 Å². The molecule has 7 nitrogen and oxygen atoms in total. The van der Waals surface area contributed by atoms with Crippen molar-refractivity contribution in [1.29, 1.82) is 0 Å². The Morgan fingerprint density at radius 3 is 2.33 bits per heavy atom. The Hall–Kier alpha value is -2.93. The molecule has 1 amide bonds. The third-order valence-corrected chi connectivity index (χ3v) is 7.17. The number of primary amides is 1. The zero-order chi connectivity index (χ0) is 24.3. The minimum Gasteiger partial charge on any atom is -0.456 e. The van der Waals surface area contributed by atoms with E-state index in [1.54, 1.807) is 6.07 Å². The van der Waals surface area contributed by atoms with Crippen LogP contribution < -0.4 is 20.1 Å². The van der Waals surface area contributed by atoms with Gasteiger partial charge >= 0.3 is 0 Å². The van der Waals surface area contributed by atoms with E-state index in [9.17, 15) is 22.0 Å². The Kier molecular flexibility index (Phi) is 7.42. The molecule has 3 rings (SSSR count). The highest BCUT2D eigenvalue weighted by atomic mass is 127. The fraction of sp³-hybridized carbons (Fsp3) is 0.136. The van der Waals surface area contributed by atoms with Gasteiger partial charge in [-0.2, -0.15) is 0 Å². The molecule has 0 heterocycles. The topological polar surface area (TPSA) is 102 Å². The number of carbonyl (C=O) groups is 1. The van der Waals surface area contributed by atoms with E-state index >= 15 is 0 Å². The van der Waals surface area contributed by atoms with Crippen molar-refractivity contribution in [2.24, 2.45) is 5.73 Å². The van der Waals surface area contributed by atoms with E-state index in [0.717, 1.165) is 16.4 Å². The Morgan fingerprint density at radius 1 is 1.09 bits per heavy atom. The van der Waals surface area contributed by atoms with Gasteiger partial charge in [0.15, 0.2) is 0 Å². The molecule has 3 aromatic carbocycles. The lowest BCUT2D eigenvalue weighted by molar-refractivity contribution is 0.0999. The standard InChI is InChI=1S/C22H20F2IN3O4S/c1-3-33(30,31)28(2)15-5-7-16(8-6-15)32-20-11-13(23)10-19(21(20)22(26)29)27-18-9-4-14(25)12-17(18)24/h4-12,27H,3H2,1-2H3,(H2,26,29). The summed E-state index contributed by atoms with van der Waals surface area (Å²) >= 11 is 1.95. The van der Waals surface area contributed by atoms with E-state index in [1.807, 2.05) is 22.6 Å². The predicted octanol–water partition coefficient (Wildman–Crippen LogP) is 4.99. The lowest BCUT2D eigenvalue weighted by Gasteiger charge is -2.19. The van der Waals surface area contributed by atoms with Crippen LogP contribution in [0.15, 0.2) is 54.6 Å². The van der Waals surface area contributed by atoms with Crippen LogP contribution in [0.4, 0.5) is 25.8 Å². The number of sulfonamides is 1. The maximum atomic E-state index is 14.3. The van der Waals surface area contributed by atoms with Gasteiger partial charge < -0.3 is 15.8 Å². The van der Waals surface area contributed by atoms with E-state index in [4.69, 9.17) is 10.5 Å². The SMILES string of the molecule is CCS(=O)(=O)N(C)c1ccc(Oc2cc(F)cc(Nc3ccc(I)cc3F)c2C(N)=O)cc1. The normalized spacial score (nSPS) is 11.2. The third-order valence-electron chi connectivity index (χ3n) is 4.72. The van der Waals surface area contributed by atoms with Crippen LogP contribution in [0.2, 0.25) is 0 Å². The molecule has 0 aromatic heterocycles. The quantitative estimate of drug-likeness (QED) is 0.362. The summed E-state index contributed by atoms with van der Waals surface area (Å²) in [4.78, 5) is 12.2. The molecule has 0 saturated carbocycles. The van der Waals surface area contributed by atoms with Crippen molar-refractivity contribution in [2.75, 3.05) is 22.4 Å². The summed E-state index contributed by atoms with van der Waals surface area (Å²) in [6.07, 6.45) is 0. The van der Waals surface area contributed by atoms with Crippen LogP contribution in [0.1, 0.15) is 17.3 Å². The van der Waals surface area contributed by atoms with E-state index in [0.29, 0.717) is 9.26 Å². The minimum atomic E-state index is -3.45. The second-order valence-corrected chi connectivity index (χ2v) is 10.4. The average Bonchev–Trinajstić information content (AvgIpc) is 2.75. The number of ether oxygens (including phenoxy) is 1. The molecule has 0 aliphatic heterocycles. The molecule has 0 aliphatic carbocycles. The van der Waals surface area contributed by atoms with Crippen LogP contribution in [0.3, 0.4) is 0 Å². The molecule has 11 heteroatoms. The first-order valence-corrected chi connectivity index (χ1v) is 12.3. The smallest absolute Gasteiger partial charge is 0.254 e. The molecule has 174 valence electrons. The second-order valence-electron chi connectivity index (χ2n) is 6.90. The van der Waals surface area contributed by atoms with Gasteiger partial charge in [0.25, 0.3) is 5.91 Å². The number of carbonyl (C=O) groups excluding carboxylic acids is 1. The van der Waals surface area contributed by atoms with Crippen molar-refractivity contribution in [3.63, 3.8) is 0 Å². The zero-order valence-electron chi connectivity index (χ0n) is 17.6. The molecular formula is C22H20F2IN3O4S. The molecule has 0 unspecified atom stereocenters. The highest BCUT2D eigenvalue weighted by Crippen LogP contribution is 2.35. The van der Waals surface area contributed by atoms with Crippen molar-refractivity contribution >= 4 is 55.6 Å². The summed E-state index contributed by atoms with van der Waals surface area (Å²) in [5, 5.41) is 2.69. The second kappa shape index (κ2) is 9.91. The maximum Gasteiger partial charge on any atom is 0.254 e. The molecule has 3 aromatic rings. The number of hydrogen-bond donors (Lipinski definition) is 2. The summed E-state index contributed by atoms with van der Waals surface area (Å²) in [6.45, 7) is 1.53. The maximum absolute atomic E-state index is 14.3. The van der Waals surface area contributed by atoms with Crippen molar-refractivity contribution in [3.8, 4) is 11.5 Å². The fourth-order valence-electron chi connectivity index (χ4n) is 2.96. The highest BCUT2D eigenvalue weighted by Gasteiger charge is 2.20. The van der Waals surface area contributed by atoms with Gasteiger partial charge in [-0.05, 0) is 78.0 Å². The summed E-state index contributed by atoms with van der Waals surface area (Å²) in [7, 11) is -2.02. The first-order valence-electron chi connectivity index (χ1n) is 9.61. The predicted molar refractivity (Wildman–Crippen MR) is 132 cm³/mol. The lowest BCUT2D eigenvalue weighted by Crippen LogP contribution is -2.27. The van der Waals surface area contributed by atoms with E-state index in [2.05, 4.69) is 5.32 Å². The molecular weight excluding hydrogens is 567 g/mol. The molecule has 0 spiro atoms. The fourth-order valence-corrected chi connectivity index (χ4v) is 4.24. The van der Waals surface area contributed by atoms with Crippen molar-refractivity contribution in [1.82, 2.24) is 0 Å². The first kappa shape index (κ1) is 24.7. The summed E-state index contributed by atoms with van der Waals surface area (Å²) in [5.41, 5.74) is 5.69. The summed E-state index contributed by atoms with van der Waals surface area (Å²) in [6, 6.07) is 12.3. The first-order chi connectivity index (χ1) is 15.5. The lowest BCUT2D eigenvalue weighted by atomic mass is 10.1. The highest BCUT2D eigenvalue weighted by molar-refractivity contribution is 14.1. The molecule has 0 radical (unpaired) electrons. The number of anilines is 3. The third kappa shape index (κ3) is 5.71. The number of nitrogens with zero attached hydrogens (tertiary/aromatic N) is 1. The van der Waals surface area contributed by atoms with Gasteiger partial charge in [0.05, 0.1) is 22.8 Å². The molecule has 0 fully saturated rings. The largest absolute Gasteiger partial charge is 0.456 e. The molecule has 0 bridgehead atoms. The van der Waals surface area contributed by atoms with Crippen LogP contribution in [0.5, 0.6) is 11.5 Å². The number of hydrogen-bond acceptors (Lipinski definition) is 5. The molecule has 0 aliphatic rings. The van der Waals surface area contributed by atoms with E-state index < -0.39 is 27.6 Å². The van der Waals surface area contributed by atoms with Gasteiger partial charge in [0.2, 0.25) is 10.0 Å². The Balaban J connectivity index is 1.96. The Bertz CT molecular complexity index is 1300. The Morgan fingerprint density at radius 2 is 1.76 bits per heavy atom. The number of nitrogens with one attached hydrogen (secondary N) is 1. The van der Waals surface area contributed by atoms with Crippen molar-refractivity contribution in [2.45, 2.75) is 6.92 Å². The average molecular weight is 587 g/mol. The number of halogens is 3. The minimum absolute atomic E-state index is 0.0268. The molecule has 0 atom stereocenters. The van der Waals surface area contributed by atoms with Crippen molar-refractivity contribution < 1.29 is 26.7 Å².